The molecule has 1 atom stereocenters. The first-order chi connectivity index (χ1) is 11.8. The van der Waals surface area contributed by atoms with Gasteiger partial charge in [0.15, 0.2) is 12.7 Å². The third kappa shape index (κ3) is 5.80. The Kier molecular flexibility index (Phi) is 6.42. The zero-order chi connectivity index (χ0) is 18.4. The SMILES string of the molecule is Cc1ccc(OCC(=O)O[C@H](C)C(=O)Nc2ccc(Cl)cc2)cc1C. The number of nitrogens with one attached hydrogen (secondary N) is 1. The number of ether oxygens (including phenoxy) is 2. The van der Waals surface area contributed by atoms with E-state index in [0.717, 1.165) is 11.1 Å². The first kappa shape index (κ1) is 18.8. The van der Waals surface area contributed by atoms with Gasteiger partial charge in [0.2, 0.25) is 0 Å². The van der Waals surface area contributed by atoms with E-state index in [0.29, 0.717) is 16.5 Å². The van der Waals surface area contributed by atoms with Gasteiger partial charge in [-0.3, -0.25) is 4.79 Å². The van der Waals surface area contributed by atoms with Gasteiger partial charge in [-0.05, 0) is 68.3 Å². The quantitative estimate of drug-likeness (QED) is 0.792. The van der Waals surface area contributed by atoms with Gasteiger partial charge in [0.1, 0.15) is 5.75 Å². The van der Waals surface area contributed by atoms with E-state index in [2.05, 4.69) is 5.32 Å². The number of aryl methyl sites for hydroxylation is 2. The van der Waals surface area contributed by atoms with Crippen LogP contribution in [0.2, 0.25) is 5.02 Å². The Hall–Kier alpha value is -2.53. The van der Waals surface area contributed by atoms with Crippen LogP contribution in [0.15, 0.2) is 42.5 Å². The molecule has 0 aromatic heterocycles. The molecule has 0 fully saturated rings. The minimum Gasteiger partial charge on any atom is -0.482 e. The second-order valence-electron chi connectivity index (χ2n) is 5.66. The topological polar surface area (TPSA) is 64.6 Å². The number of hydrogen-bond donors (Lipinski definition) is 1. The molecule has 6 heteroatoms. The van der Waals surface area contributed by atoms with Crippen molar-refractivity contribution in [3.8, 4) is 5.75 Å². The molecule has 0 bridgehead atoms. The molecule has 5 nitrogen and oxygen atoms in total. The number of anilines is 1. The van der Waals surface area contributed by atoms with Gasteiger partial charge in [-0.25, -0.2) is 4.79 Å². The van der Waals surface area contributed by atoms with Crippen molar-refractivity contribution in [3.05, 3.63) is 58.6 Å². The van der Waals surface area contributed by atoms with E-state index in [9.17, 15) is 9.59 Å². The maximum absolute atomic E-state index is 12.0. The largest absolute Gasteiger partial charge is 0.482 e. The van der Waals surface area contributed by atoms with Crippen LogP contribution in [0.3, 0.4) is 0 Å². The summed E-state index contributed by atoms with van der Waals surface area (Å²) in [6.07, 6.45) is -0.938. The van der Waals surface area contributed by atoms with Gasteiger partial charge < -0.3 is 14.8 Å². The highest BCUT2D eigenvalue weighted by molar-refractivity contribution is 6.30. The molecule has 0 saturated heterocycles. The molecule has 1 N–H and O–H groups in total. The fourth-order valence-electron chi connectivity index (χ4n) is 2.01. The Balaban J connectivity index is 1.81. The predicted octanol–water partition coefficient (Wildman–Crippen LogP) is 3.91. The first-order valence-electron chi connectivity index (χ1n) is 7.81. The molecular weight excluding hydrogens is 342 g/mol. The number of halogens is 1. The van der Waals surface area contributed by atoms with E-state index in [1.807, 2.05) is 26.0 Å². The van der Waals surface area contributed by atoms with E-state index >= 15 is 0 Å². The summed E-state index contributed by atoms with van der Waals surface area (Å²) in [6.45, 7) is 5.19. The minimum absolute atomic E-state index is 0.263. The average molecular weight is 362 g/mol. The summed E-state index contributed by atoms with van der Waals surface area (Å²) in [5.74, 6) is -0.461. The molecule has 2 aromatic carbocycles. The van der Waals surface area contributed by atoms with Crippen LogP contribution < -0.4 is 10.1 Å². The summed E-state index contributed by atoms with van der Waals surface area (Å²) >= 11 is 5.79. The monoisotopic (exact) mass is 361 g/mol. The van der Waals surface area contributed by atoms with Crippen LogP contribution in [-0.2, 0) is 14.3 Å². The molecule has 0 heterocycles. The normalized spacial score (nSPS) is 11.5. The van der Waals surface area contributed by atoms with Crippen LogP contribution >= 0.6 is 11.6 Å². The van der Waals surface area contributed by atoms with Gasteiger partial charge in [0.05, 0.1) is 0 Å². The summed E-state index contributed by atoms with van der Waals surface area (Å²) in [4.78, 5) is 23.9. The maximum Gasteiger partial charge on any atom is 0.344 e. The van der Waals surface area contributed by atoms with Crippen LogP contribution in [0.25, 0.3) is 0 Å². The van der Waals surface area contributed by atoms with E-state index in [1.54, 1.807) is 30.3 Å². The van der Waals surface area contributed by atoms with Crippen molar-refractivity contribution >= 4 is 29.2 Å². The van der Waals surface area contributed by atoms with E-state index in [4.69, 9.17) is 21.1 Å². The number of rotatable bonds is 6. The third-order valence-corrected chi connectivity index (χ3v) is 3.88. The molecule has 0 spiro atoms. The van der Waals surface area contributed by atoms with Gasteiger partial charge in [0.25, 0.3) is 5.91 Å². The van der Waals surface area contributed by atoms with Gasteiger partial charge in [-0.15, -0.1) is 0 Å². The molecule has 0 unspecified atom stereocenters. The summed E-state index contributed by atoms with van der Waals surface area (Å²) < 4.78 is 10.5. The molecule has 132 valence electrons. The smallest absolute Gasteiger partial charge is 0.344 e. The summed E-state index contributed by atoms with van der Waals surface area (Å²) in [7, 11) is 0. The van der Waals surface area contributed by atoms with Crippen molar-refractivity contribution in [2.45, 2.75) is 26.9 Å². The Labute approximate surface area is 151 Å². The number of hydrogen-bond acceptors (Lipinski definition) is 4. The first-order valence-corrected chi connectivity index (χ1v) is 8.19. The number of esters is 1. The second-order valence-corrected chi connectivity index (χ2v) is 6.10. The van der Waals surface area contributed by atoms with Crippen LogP contribution in [0.4, 0.5) is 5.69 Å². The Bertz CT molecular complexity index is 759. The summed E-state index contributed by atoms with van der Waals surface area (Å²) in [5.41, 5.74) is 2.78. The van der Waals surface area contributed by atoms with Crippen molar-refractivity contribution in [1.29, 1.82) is 0 Å². The molecule has 0 aliphatic rings. The highest BCUT2D eigenvalue weighted by Crippen LogP contribution is 2.16. The van der Waals surface area contributed by atoms with Crippen LogP contribution in [-0.4, -0.2) is 24.6 Å². The lowest BCUT2D eigenvalue weighted by atomic mass is 10.1. The van der Waals surface area contributed by atoms with Crippen molar-refractivity contribution in [2.75, 3.05) is 11.9 Å². The van der Waals surface area contributed by atoms with Crippen LogP contribution in [0.5, 0.6) is 5.75 Å². The van der Waals surface area contributed by atoms with Gasteiger partial charge in [-0.2, -0.15) is 0 Å². The summed E-state index contributed by atoms with van der Waals surface area (Å²) in [5, 5.41) is 3.22. The van der Waals surface area contributed by atoms with Gasteiger partial charge in [-0.1, -0.05) is 17.7 Å². The molecule has 0 saturated carbocycles. The van der Waals surface area contributed by atoms with Crippen LogP contribution in [0, 0.1) is 13.8 Å². The predicted molar refractivity (Wildman–Crippen MR) is 97.0 cm³/mol. The van der Waals surface area contributed by atoms with E-state index < -0.39 is 18.0 Å². The highest BCUT2D eigenvalue weighted by Gasteiger charge is 2.18. The fourth-order valence-corrected chi connectivity index (χ4v) is 2.13. The van der Waals surface area contributed by atoms with Gasteiger partial charge >= 0.3 is 5.97 Å². The molecule has 0 radical (unpaired) electrons. The Morgan fingerprint density at radius 2 is 1.76 bits per heavy atom. The standard InChI is InChI=1S/C19H20ClNO4/c1-12-4-9-17(10-13(12)2)24-11-18(22)25-14(3)19(23)21-16-7-5-15(20)6-8-16/h4-10,14H,11H2,1-3H3,(H,21,23)/t14-/m1/s1. The average Bonchev–Trinajstić information content (AvgIpc) is 2.58. The molecule has 0 aliphatic heterocycles. The van der Waals surface area contributed by atoms with E-state index in [-0.39, 0.29) is 6.61 Å². The van der Waals surface area contributed by atoms with Crippen molar-refractivity contribution in [2.24, 2.45) is 0 Å². The number of carbonyl (C=O) groups excluding carboxylic acids is 2. The second kappa shape index (κ2) is 8.53. The highest BCUT2D eigenvalue weighted by atomic mass is 35.5. The minimum atomic E-state index is -0.938. The fraction of sp³-hybridized carbons (Fsp3) is 0.263. The number of carbonyl (C=O) groups is 2. The molecule has 25 heavy (non-hydrogen) atoms. The molecule has 2 rings (SSSR count). The van der Waals surface area contributed by atoms with Crippen molar-refractivity contribution in [1.82, 2.24) is 0 Å². The zero-order valence-corrected chi connectivity index (χ0v) is 15.1. The van der Waals surface area contributed by atoms with Crippen LogP contribution in [0.1, 0.15) is 18.1 Å². The van der Waals surface area contributed by atoms with Crippen molar-refractivity contribution < 1.29 is 19.1 Å². The number of amides is 1. The lowest BCUT2D eigenvalue weighted by Gasteiger charge is -2.14. The summed E-state index contributed by atoms with van der Waals surface area (Å²) in [6, 6.07) is 12.2. The van der Waals surface area contributed by atoms with Crippen molar-refractivity contribution in [3.63, 3.8) is 0 Å². The third-order valence-electron chi connectivity index (χ3n) is 3.62. The molecule has 1 amide bonds. The number of benzene rings is 2. The maximum atomic E-state index is 12.0. The lowest BCUT2D eigenvalue weighted by molar-refractivity contribution is -0.155. The lowest BCUT2D eigenvalue weighted by Crippen LogP contribution is -2.31. The zero-order valence-electron chi connectivity index (χ0n) is 14.3. The molecule has 2 aromatic rings. The molecule has 0 aliphatic carbocycles. The van der Waals surface area contributed by atoms with E-state index in [1.165, 1.54) is 6.92 Å². The van der Waals surface area contributed by atoms with Gasteiger partial charge in [0, 0.05) is 10.7 Å². The Morgan fingerprint density at radius 1 is 1.08 bits per heavy atom. The Morgan fingerprint density at radius 3 is 2.40 bits per heavy atom. The molecular formula is C19H20ClNO4.